The molecule has 0 atom stereocenters. The van der Waals surface area contributed by atoms with E-state index in [-0.39, 0.29) is 0 Å². The lowest BCUT2D eigenvalue weighted by Gasteiger charge is -2.32. The van der Waals surface area contributed by atoms with Crippen LogP contribution in [0.2, 0.25) is 0 Å². The van der Waals surface area contributed by atoms with Gasteiger partial charge in [0.05, 0.1) is 5.69 Å². The lowest BCUT2D eigenvalue weighted by Crippen LogP contribution is -2.39. The Labute approximate surface area is 173 Å². The van der Waals surface area contributed by atoms with Crippen LogP contribution in [0, 0.1) is 34.9 Å². The monoisotopic (exact) mass is 444 g/mol. The summed E-state index contributed by atoms with van der Waals surface area (Å²) in [5.74, 6) is -11.8. The van der Waals surface area contributed by atoms with Crippen LogP contribution < -0.4 is 4.74 Å². The number of rotatable bonds is 6. The van der Waals surface area contributed by atoms with Crippen molar-refractivity contribution in [1.29, 1.82) is 0 Å². The average molecular weight is 444 g/mol. The molecule has 0 unspecified atom stereocenters. The quantitative estimate of drug-likeness (QED) is 0.300. The highest BCUT2D eigenvalue weighted by Gasteiger charge is 2.30. The summed E-state index contributed by atoms with van der Waals surface area (Å²) in [7, 11) is 0. The van der Waals surface area contributed by atoms with Gasteiger partial charge >= 0.3 is 0 Å². The Morgan fingerprint density at radius 3 is 2.26 bits per heavy atom. The third-order valence-corrected chi connectivity index (χ3v) is 5.39. The molecule has 1 aliphatic heterocycles. The number of aryl methyl sites for hydroxylation is 1. The molecule has 166 valence electrons. The molecule has 0 amide bonds. The summed E-state index contributed by atoms with van der Waals surface area (Å²) in [6.07, 6.45) is 1.48. The van der Waals surface area contributed by atoms with Gasteiger partial charge in [-0.2, -0.15) is 8.78 Å². The van der Waals surface area contributed by atoms with Crippen LogP contribution in [0.4, 0.5) is 26.3 Å². The van der Waals surface area contributed by atoms with Gasteiger partial charge in [0.2, 0.25) is 29.1 Å². The van der Waals surface area contributed by atoms with Crippen LogP contribution in [0.15, 0.2) is 22.7 Å². The fourth-order valence-corrected chi connectivity index (χ4v) is 3.72. The standard InChI is InChI=1S/C21H18F6N2O2/c22-11-3-4-13-14(28-31-15(13)10-11)2-1-7-29-8-5-12(6-9-29)30-21-19(26)17(24)16(23)18(25)20(21)27/h3-4,10,12H,1-2,5-9H2. The van der Waals surface area contributed by atoms with E-state index in [2.05, 4.69) is 10.1 Å². The van der Waals surface area contributed by atoms with Gasteiger partial charge in [0.1, 0.15) is 11.9 Å². The van der Waals surface area contributed by atoms with E-state index in [0.29, 0.717) is 44.5 Å². The van der Waals surface area contributed by atoms with E-state index >= 15 is 0 Å². The van der Waals surface area contributed by atoms with Gasteiger partial charge < -0.3 is 14.2 Å². The second-order valence-corrected chi connectivity index (χ2v) is 7.43. The van der Waals surface area contributed by atoms with Crippen molar-refractivity contribution in [3.8, 4) is 5.75 Å². The molecule has 0 bridgehead atoms. The maximum Gasteiger partial charge on any atom is 0.207 e. The van der Waals surface area contributed by atoms with Gasteiger partial charge in [-0.3, -0.25) is 0 Å². The van der Waals surface area contributed by atoms with Crippen molar-refractivity contribution >= 4 is 11.0 Å². The van der Waals surface area contributed by atoms with Gasteiger partial charge in [0.15, 0.2) is 11.3 Å². The zero-order valence-corrected chi connectivity index (χ0v) is 16.2. The number of hydrogen-bond acceptors (Lipinski definition) is 4. The van der Waals surface area contributed by atoms with Gasteiger partial charge in [-0.15, -0.1) is 0 Å². The number of ether oxygens (including phenoxy) is 1. The van der Waals surface area contributed by atoms with E-state index in [9.17, 15) is 26.3 Å². The number of piperidine rings is 1. The summed E-state index contributed by atoms with van der Waals surface area (Å²) >= 11 is 0. The number of hydrogen-bond donors (Lipinski definition) is 0. The molecule has 2 aromatic carbocycles. The van der Waals surface area contributed by atoms with Crippen molar-refractivity contribution in [3.05, 3.63) is 58.8 Å². The number of halogens is 6. The van der Waals surface area contributed by atoms with Crippen molar-refractivity contribution in [2.24, 2.45) is 0 Å². The predicted molar refractivity (Wildman–Crippen MR) is 98.6 cm³/mol. The van der Waals surface area contributed by atoms with Gasteiger partial charge in [-0.1, -0.05) is 5.16 Å². The first kappa shape index (κ1) is 21.5. The summed E-state index contributed by atoms with van der Waals surface area (Å²) in [6.45, 7) is 1.81. The molecule has 1 fully saturated rings. The minimum absolute atomic E-state index is 0.381. The second-order valence-electron chi connectivity index (χ2n) is 7.43. The summed E-state index contributed by atoms with van der Waals surface area (Å²) in [5.41, 5.74) is 1.13. The van der Waals surface area contributed by atoms with Crippen molar-refractivity contribution in [2.45, 2.75) is 31.8 Å². The topological polar surface area (TPSA) is 38.5 Å². The molecule has 1 aromatic heterocycles. The Hall–Kier alpha value is -2.75. The van der Waals surface area contributed by atoms with Gasteiger partial charge in [-0.25, -0.2) is 17.6 Å². The van der Waals surface area contributed by atoms with E-state index in [1.807, 2.05) is 0 Å². The lowest BCUT2D eigenvalue weighted by molar-refractivity contribution is 0.0905. The minimum atomic E-state index is -2.21. The van der Waals surface area contributed by atoms with Crippen molar-refractivity contribution in [1.82, 2.24) is 10.1 Å². The highest BCUT2D eigenvalue weighted by atomic mass is 19.2. The Balaban J connectivity index is 1.28. The number of aromatic nitrogens is 1. The molecule has 2 heterocycles. The van der Waals surface area contributed by atoms with Crippen LogP contribution in [-0.2, 0) is 6.42 Å². The smallest absolute Gasteiger partial charge is 0.207 e. The Kier molecular flexibility index (Phi) is 6.08. The number of likely N-dealkylation sites (tertiary alicyclic amines) is 1. The van der Waals surface area contributed by atoms with Crippen LogP contribution >= 0.6 is 0 Å². The van der Waals surface area contributed by atoms with E-state index in [1.165, 1.54) is 12.1 Å². The third-order valence-electron chi connectivity index (χ3n) is 5.39. The van der Waals surface area contributed by atoms with Crippen LogP contribution in [0.1, 0.15) is 25.0 Å². The molecule has 4 nitrogen and oxygen atoms in total. The van der Waals surface area contributed by atoms with E-state index in [4.69, 9.17) is 9.26 Å². The molecule has 10 heteroatoms. The fourth-order valence-electron chi connectivity index (χ4n) is 3.72. The molecule has 0 saturated carbocycles. The molecule has 31 heavy (non-hydrogen) atoms. The van der Waals surface area contributed by atoms with Crippen LogP contribution in [0.25, 0.3) is 11.0 Å². The Morgan fingerprint density at radius 2 is 1.58 bits per heavy atom. The summed E-state index contributed by atoms with van der Waals surface area (Å²) in [6, 6.07) is 4.25. The molecule has 0 spiro atoms. The molecule has 4 rings (SSSR count). The zero-order valence-electron chi connectivity index (χ0n) is 16.2. The van der Waals surface area contributed by atoms with Gasteiger partial charge in [0.25, 0.3) is 0 Å². The summed E-state index contributed by atoms with van der Waals surface area (Å²) in [4.78, 5) is 2.11. The molecule has 0 radical (unpaired) electrons. The molecule has 3 aromatic rings. The van der Waals surface area contributed by atoms with Crippen molar-refractivity contribution < 1.29 is 35.6 Å². The van der Waals surface area contributed by atoms with Crippen LogP contribution in [0.3, 0.4) is 0 Å². The third kappa shape index (κ3) is 4.34. The second kappa shape index (κ2) is 8.78. The molecule has 0 aliphatic carbocycles. The van der Waals surface area contributed by atoms with Gasteiger partial charge in [-0.05, 0) is 44.4 Å². The Morgan fingerprint density at radius 1 is 0.935 bits per heavy atom. The first-order valence-corrected chi connectivity index (χ1v) is 9.79. The summed E-state index contributed by atoms with van der Waals surface area (Å²) in [5, 5.41) is 4.74. The average Bonchev–Trinajstić information content (AvgIpc) is 3.17. The molecule has 0 N–H and O–H groups in total. The number of benzene rings is 2. The highest BCUT2D eigenvalue weighted by molar-refractivity contribution is 5.79. The summed E-state index contributed by atoms with van der Waals surface area (Å²) < 4.78 is 90.8. The highest BCUT2D eigenvalue weighted by Crippen LogP contribution is 2.31. The van der Waals surface area contributed by atoms with Crippen LogP contribution in [-0.4, -0.2) is 35.8 Å². The van der Waals surface area contributed by atoms with E-state index in [0.717, 1.165) is 17.5 Å². The van der Waals surface area contributed by atoms with Crippen LogP contribution in [0.5, 0.6) is 5.75 Å². The minimum Gasteiger partial charge on any atom is -0.484 e. The zero-order chi connectivity index (χ0) is 22.1. The predicted octanol–water partition coefficient (Wildman–Crippen LogP) is 5.14. The number of nitrogens with zero attached hydrogens (tertiary/aromatic N) is 2. The molecule has 1 saturated heterocycles. The van der Waals surface area contributed by atoms with Crippen molar-refractivity contribution in [2.75, 3.05) is 19.6 Å². The largest absolute Gasteiger partial charge is 0.484 e. The Bertz CT molecular complexity index is 1070. The van der Waals surface area contributed by atoms with E-state index < -0.39 is 46.8 Å². The maximum absolute atomic E-state index is 13.8. The van der Waals surface area contributed by atoms with Crippen molar-refractivity contribution in [3.63, 3.8) is 0 Å². The normalized spacial score (nSPS) is 15.7. The molecular weight excluding hydrogens is 426 g/mol. The van der Waals surface area contributed by atoms with E-state index in [1.54, 1.807) is 6.07 Å². The maximum atomic E-state index is 13.8. The SMILES string of the molecule is Fc1ccc2c(CCCN3CCC(Oc4c(F)c(F)c(F)c(F)c4F)CC3)noc2c1. The van der Waals surface area contributed by atoms with Gasteiger partial charge in [0, 0.05) is 24.5 Å². The fraction of sp³-hybridized carbons (Fsp3) is 0.381. The molecular formula is C21H18F6N2O2. The molecule has 1 aliphatic rings. The lowest BCUT2D eigenvalue weighted by atomic mass is 10.1. The first-order chi connectivity index (χ1) is 14.8. The first-order valence-electron chi connectivity index (χ1n) is 9.79. The number of fused-ring (bicyclic) bond motifs is 1.